The summed E-state index contributed by atoms with van der Waals surface area (Å²) >= 11 is 0. The zero-order chi connectivity index (χ0) is 8.23. The number of benzene rings is 1. The van der Waals surface area contributed by atoms with Gasteiger partial charge >= 0.3 is 0 Å². The van der Waals surface area contributed by atoms with Crippen LogP contribution < -0.4 is 0 Å². The van der Waals surface area contributed by atoms with Crippen LogP contribution in [0.4, 0.5) is 0 Å². The second-order valence-corrected chi connectivity index (χ2v) is 2.74. The van der Waals surface area contributed by atoms with E-state index in [0.29, 0.717) is 6.61 Å². The van der Waals surface area contributed by atoms with Crippen molar-refractivity contribution in [2.45, 2.75) is 6.54 Å². The van der Waals surface area contributed by atoms with Gasteiger partial charge in [0.1, 0.15) is 0 Å². The molecular weight excluding hydrogens is 150 g/mol. The minimum Gasteiger partial charge on any atom is -0.270 e. The SMILES string of the molecule is C1=CN(Cc2ccccc2)OC1. The van der Waals surface area contributed by atoms with Crippen molar-refractivity contribution in [1.29, 1.82) is 0 Å². The maximum Gasteiger partial charge on any atom is 0.0947 e. The molecule has 1 aliphatic heterocycles. The Kier molecular flexibility index (Phi) is 2.10. The molecule has 0 aromatic heterocycles. The Morgan fingerprint density at radius 1 is 1.25 bits per heavy atom. The van der Waals surface area contributed by atoms with Crippen LogP contribution in [-0.2, 0) is 11.4 Å². The third-order valence-corrected chi connectivity index (χ3v) is 1.79. The van der Waals surface area contributed by atoms with Gasteiger partial charge in [-0.2, -0.15) is 0 Å². The van der Waals surface area contributed by atoms with Crippen LogP contribution in [-0.4, -0.2) is 11.7 Å². The van der Waals surface area contributed by atoms with Crippen molar-refractivity contribution in [3.8, 4) is 0 Å². The molecule has 2 nitrogen and oxygen atoms in total. The predicted octanol–water partition coefficient (Wildman–Crippen LogP) is 1.95. The highest BCUT2D eigenvalue weighted by Crippen LogP contribution is 2.08. The van der Waals surface area contributed by atoms with Gasteiger partial charge < -0.3 is 0 Å². The Bertz CT molecular complexity index is 268. The molecule has 1 heterocycles. The van der Waals surface area contributed by atoms with E-state index in [1.165, 1.54) is 5.56 Å². The Balaban J connectivity index is 1.99. The molecule has 1 aliphatic rings. The van der Waals surface area contributed by atoms with Gasteiger partial charge in [-0.1, -0.05) is 30.3 Å². The first-order valence-electron chi connectivity index (χ1n) is 4.05. The zero-order valence-corrected chi connectivity index (χ0v) is 6.81. The number of hydroxylamine groups is 2. The molecular formula is C10H11NO. The van der Waals surface area contributed by atoms with Gasteiger partial charge in [-0.3, -0.25) is 9.90 Å². The van der Waals surface area contributed by atoms with E-state index in [1.807, 2.05) is 35.5 Å². The van der Waals surface area contributed by atoms with Crippen molar-refractivity contribution in [2.75, 3.05) is 6.61 Å². The summed E-state index contributed by atoms with van der Waals surface area (Å²) in [4.78, 5) is 5.28. The Morgan fingerprint density at radius 2 is 2.08 bits per heavy atom. The molecule has 0 N–H and O–H groups in total. The standard InChI is InChI=1S/C10H11NO/c1-2-5-10(6-3-1)9-11-7-4-8-12-11/h1-7H,8-9H2. The molecule has 2 heteroatoms. The van der Waals surface area contributed by atoms with Crippen molar-refractivity contribution in [2.24, 2.45) is 0 Å². The molecule has 0 aliphatic carbocycles. The van der Waals surface area contributed by atoms with Gasteiger partial charge in [-0.15, -0.1) is 0 Å². The summed E-state index contributed by atoms with van der Waals surface area (Å²) in [5, 5.41) is 1.84. The van der Waals surface area contributed by atoms with Crippen molar-refractivity contribution in [1.82, 2.24) is 5.06 Å². The molecule has 0 amide bonds. The molecule has 1 aromatic rings. The minimum atomic E-state index is 0.701. The molecule has 62 valence electrons. The van der Waals surface area contributed by atoms with Crippen LogP contribution in [0.25, 0.3) is 0 Å². The number of rotatable bonds is 2. The third-order valence-electron chi connectivity index (χ3n) is 1.79. The molecule has 0 saturated carbocycles. The molecule has 1 aromatic carbocycles. The third kappa shape index (κ3) is 1.66. The lowest BCUT2D eigenvalue weighted by Gasteiger charge is -2.13. The van der Waals surface area contributed by atoms with Gasteiger partial charge in [-0.25, -0.2) is 0 Å². The van der Waals surface area contributed by atoms with Crippen molar-refractivity contribution >= 4 is 0 Å². The maximum atomic E-state index is 5.28. The summed E-state index contributed by atoms with van der Waals surface area (Å²) in [6.45, 7) is 1.53. The predicted molar refractivity (Wildman–Crippen MR) is 47.1 cm³/mol. The minimum absolute atomic E-state index is 0.701. The van der Waals surface area contributed by atoms with Gasteiger partial charge in [-0.05, 0) is 11.6 Å². The van der Waals surface area contributed by atoms with E-state index in [9.17, 15) is 0 Å². The van der Waals surface area contributed by atoms with Gasteiger partial charge in [0.25, 0.3) is 0 Å². The first-order valence-corrected chi connectivity index (χ1v) is 4.05. The van der Waals surface area contributed by atoms with Crippen molar-refractivity contribution < 1.29 is 4.84 Å². The maximum absolute atomic E-state index is 5.28. The first-order chi connectivity index (χ1) is 5.95. The Labute approximate surface area is 72.0 Å². The Morgan fingerprint density at radius 3 is 2.75 bits per heavy atom. The van der Waals surface area contributed by atoms with Crippen LogP contribution in [0.5, 0.6) is 0 Å². The summed E-state index contributed by atoms with van der Waals surface area (Å²) in [5.74, 6) is 0. The number of nitrogens with zero attached hydrogens (tertiary/aromatic N) is 1. The van der Waals surface area contributed by atoms with Gasteiger partial charge in [0.05, 0.1) is 13.2 Å². The largest absolute Gasteiger partial charge is 0.270 e. The van der Waals surface area contributed by atoms with Crippen LogP contribution in [0.3, 0.4) is 0 Å². The van der Waals surface area contributed by atoms with Gasteiger partial charge in [0.2, 0.25) is 0 Å². The van der Waals surface area contributed by atoms with Gasteiger partial charge in [0, 0.05) is 6.20 Å². The van der Waals surface area contributed by atoms with E-state index in [1.54, 1.807) is 0 Å². The monoisotopic (exact) mass is 161 g/mol. The molecule has 0 spiro atoms. The molecule has 0 unspecified atom stereocenters. The molecule has 2 rings (SSSR count). The van der Waals surface area contributed by atoms with Crippen LogP contribution in [0.2, 0.25) is 0 Å². The number of hydrogen-bond acceptors (Lipinski definition) is 2. The average molecular weight is 161 g/mol. The summed E-state index contributed by atoms with van der Waals surface area (Å²) in [7, 11) is 0. The summed E-state index contributed by atoms with van der Waals surface area (Å²) in [5.41, 5.74) is 1.27. The highest BCUT2D eigenvalue weighted by Gasteiger charge is 2.04. The second-order valence-electron chi connectivity index (χ2n) is 2.74. The molecule has 0 saturated heterocycles. The fourth-order valence-corrected chi connectivity index (χ4v) is 1.20. The molecule has 0 bridgehead atoms. The second kappa shape index (κ2) is 3.41. The fourth-order valence-electron chi connectivity index (χ4n) is 1.20. The topological polar surface area (TPSA) is 12.5 Å². The Hall–Kier alpha value is -1.28. The first kappa shape index (κ1) is 7.37. The molecule has 0 radical (unpaired) electrons. The lowest BCUT2D eigenvalue weighted by molar-refractivity contribution is -0.0967. The van der Waals surface area contributed by atoms with E-state index < -0.39 is 0 Å². The normalized spacial score (nSPS) is 15.5. The summed E-state index contributed by atoms with van der Waals surface area (Å²) in [6.07, 6.45) is 3.97. The molecule has 12 heavy (non-hydrogen) atoms. The highest BCUT2D eigenvalue weighted by atomic mass is 16.7. The number of hydrogen-bond donors (Lipinski definition) is 0. The van der Waals surface area contributed by atoms with Crippen LogP contribution in [0, 0.1) is 0 Å². The molecule has 0 fully saturated rings. The smallest absolute Gasteiger partial charge is 0.0947 e. The molecule has 0 atom stereocenters. The van der Waals surface area contributed by atoms with E-state index in [4.69, 9.17) is 4.84 Å². The fraction of sp³-hybridized carbons (Fsp3) is 0.200. The average Bonchev–Trinajstić information content (AvgIpc) is 2.59. The highest BCUT2D eigenvalue weighted by molar-refractivity contribution is 5.14. The summed E-state index contributed by atoms with van der Waals surface area (Å²) < 4.78 is 0. The summed E-state index contributed by atoms with van der Waals surface area (Å²) in [6, 6.07) is 10.3. The zero-order valence-electron chi connectivity index (χ0n) is 6.81. The van der Waals surface area contributed by atoms with Crippen LogP contribution in [0.1, 0.15) is 5.56 Å². The van der Waals surface area contributed by atoms with Crippen LogP contribution >= 0.6 is 0 Å². The quantitative estimate of drug-likeness (QED) is 0.657. The lowest BCUT2D eigenvalue weighted by Crippen LogP contribution is -2.12. The van der Waals surface area contributed by atoms with E-state index in [2.05, 4.69) is 12.1 Å². The van der Waals surface area contributed by atoms with Gasteiger partial charge in [0.15, 0.2) is 0 Å². The van der Waals surface area contributed by atoms with Crippen molar-refractivity contribution in [3.63, 3.8) is 0 Å². The van der Waals surface area contributed by atoms with Crippen molar-refractivity contribution in [3.05, 3.63) is 48.2 Å². The van der Waals surface area contributed by atoms with E-state index >= 15 is 0 Å². The van der Waals surface area contributed by atoms with Crippen LogP contribution in [0.15, 0.2) is 42.6 Å². The van der Waals surface area contributed by atoms with E-state index in [0.717, 1.165) is 6.54 Å². The van der Waals surface area contributed by atoms with E-state index in [-0.39, 0.29) is 0 Å². The lowest BCUT2D eigenvalue weighted by atomic mass is 10.2.